The van der Waals surface area contributed by atoms with Gasteiger partial charge in [0.15, 0.2) is 12.2 Å². The highest BCUT2D eigenvalue weighted by Gasteiger charge is 2.42. The van der Waals surface area contributed by atoms with Gasteiger partial charge in [-0.2, -0.15) is 0 Å². The second-order valence-electron chi connectivity index (χ2n) is 17.2. The highest BCUT2D eigenvalue weighted by atomic mass is 19.1. The zero-order valence-corrected chi connectivity index (χ0v) is 33.9. The van der Waals surface area contributed by atoms with Crippen LogP contribution in [0, 0.1) is 23.6 Å². The molecule has 0 saturated heterocycles. The second-order valence-corrected chi connectivity index (χ2v) is 17.2. The Balaban J connectivity index is 1.24. The van der Waals surface area contributed by atoms with Gasteiger partial charge in [-0.25, -0.2) is 4.39 Å². The molecule has 2 aliphatic rings. The molecule has 2 saturated carbocycles. The molecule has 8 nitrogen and oxygen atoms in total. The Kier molecular flexibility index (Phi) is 15.7. The quantitative estimate of drug-likeness (QED) is 0.103. The van der Waals surface area contributed by atoms with E-state index in [-0.39, 0.29) is 41.6 Å². The molecule has 7 atom stereocenters. The van der Waals surface area contributed by atoms with Gasteiger partial charge in [0, 0.05) is 18.6 Å². The number of nitrogens with two attached hydrogens (primary N) is 2. The average molecular weight is 759 g/mol. The van der Waals surface area contributed by atoms with Crippen molar-refractivity contribution in [3.63, 3.8) is 0 Å². The molecule has 0 spiro atoms. The van der Waals surface area contributed by atoms with Gasteiger partial charge in [-0.1, -0.05) is 99.5 Å². The summed E-state index contributed by atoms with van der Waals surface area (Å²) in [6, 6.07) is 19.6. The molecule has 3 aromatic carbocycles. The van der Waals surface area contributed by atoms with Crippen LogP contribution in [0.5, 0.6) is 0 Å². The molecule has 4 unspecified atom stereocenters. The van der Waals surface area contributed by atoms with Crippen molar-refractivity contribution in [2.24, 2.45) is 29.2 Å². The number of benzene rings is 3. The van der Waals surface area contributed by atoms with Crippen LogP contribution < -0.4 is 22.1 Å². The van der Waals surface area contributed by atoms with E-state index in [1.54, 1.807) is 12.1 Å². The number of carbonyl (C=O) groups excluding carboxylic acids is 2. The smallest absolute Gasteiger partial charge is 0.251 e. The third-order valence-corrected chi connectivity index (χ3v) is 12.1. The first-order valence-electron chi connectivity index (χ1n) is 20.9. The number of hydrogen-bond acceptors (Lipinski definition) is 6. The first kappa shape index (κ1) is 42.8. The Bertz CT molecular complexity index is 1650. The molecule has 5 rings (SSSR count). The molecule has 2 aliphatic carbocycles. The van der Waals surface area contributed by atoms with Crippen molar-refractivity contribution in [2.75, 3.05) is 6.54 Å². The van der Waals surface area contributed by atoms with Crippen molar-refractivity contribution in [1.82, 2.24) is 10.6 Å². The predicted molar refractivity (Wildman–Crippen MR) is 220 cm³/mol. The van der Waals surface area contributed by atoms with E-state index in [1.165, 1.54) is 31.4 Å². The van der Waals surface area contributed by atoms with E-state index in [2.05, 4.69) is 48.7 Å². The highest BCUT2D eigenvalue weighted by molar-refractivity contribution is 5.87. The van der Waals surface area contributed by atoms with Gasteiger partial charge in [-0.3, -0.25) is 9.59 Å². The first-order chi connectivity index (χ1) is 26.3. The SMILES string of the molecule is CC(C)OC(C(=O)NCCc1ccc(F)cc1)[C@H](N)CC1CCCC(C(C)(C)OC(C(=O)N[C@@H](C)c2cccc3ccccc23)[C@H](N)CC2CCCCC2)C1. The van der Waals surface area contributed by atoms with Crippen LogP contribution in [-0.2, 0) is 25.5 Å². The van der Waals surface area contributed by atoms with Crippen LogP contribution in [0.25, 0.3) is 10.8 Å². The second kappa shape index (κ2) is 20.2. The zero-order chi connectivity index (χ0) is 39.5. The van der Waals surface area contributed by atoms with E-state index >= 15 is 0 Å². The van der Waals surface area contributed by atoms with Gasteiger partial charge in [0.25, 0.3) is 11.8 Å². The fraction of sp³-hybridized carbons (Fsp3) is 0.609. The Hall–Kier alpha value is -3.37. The summed E-state index contributed by atoms with van der Waals surface area (Å²) in [4.78, 5) is 27.7. The van der Waals surface area contributed by atoms with Crippen LogP contribution in [0.2, 0.25) is 0 Å². The largest absolute Gasteiger partial charge is 0.364 e. The molecular weight excluding hydrogens is 692 g/mol. The summed E-state index contributed by atoms with van der Waals surface area (Å²) in [7, 11) is 0. The summed E-state index contributed by atoms with van der Waals surface area (Å²) in [5, 5.41) is 8.56. The van der Waals surface area contributed by atoms with E-state index in [4.69, 9.17) is 20.9 Å². The van der Waals surface area contributed by atoms with Crippen LogP contribution in [0.3, 0.4) is 0 Å². The maximum absolute atomic E-state index is 14.3. The summed E-state index contributed by atoms with van der Waals surface area (Å²) in [5.74, 6) is 0.290. The van der Waals surface area contributed by atoms with Crippen molar-refractivity contribution in [2.45, 2.75) is 154 Å². The van der Waals surface area contributed by atoms with Gasteiger partial charge >= 0.3 is 0 Å². The molecule has 6 N–H and O–H groups in total. The molecule has 0 radical (unpaired) electrons. The van der Waals surface area contributed by atoms with Crippen LogP contribution in [-0.4, -0.2) is 54.4 Å². The lowest BCUT2D eigenvalue weighted by atomic mass is 9.72. The number of nitrogens with one attached hydrogen (secondary N) is 2. The van der Waals surface area contributed by atoms with E-state index in [9.17, 15) is 14.0 Å². The molecule has 9 heteroatoms. The third kappa shape index (κ3) is 12.3. The minimum absolute atomic E-state index is 0.162. The molecule has 55 heavy (non-hydrogen) atoms. The third-order valence-electron chi connectivity index (χ3n) is 12.1. The molecule has 0 aliphatic heterocycles. The fourth-order valence-electron chi connectivity index (χ4n) is 9.07. The number of ether oxygens (including phenoxy) is 2. The van der Waals surface area contributed by atoms with Gasteiger partial charge in [0.1, 0.15) is 5.82 Å². The van der Waals surface area contributed by atoms with E-state index in [1.807, 2.05) is 39.0 Å². The van der Waals surface area contributed by atoms with Crippen molar-refractivity contribution >= 4 is 22.6 Å². The topological polar surface area (TPSA) is 129 Å². The molecule has 3 aromatic rings. The number of amides is 2. The molecule has 0 aromatic heterocycles. The van der Waals surface area contributed by atoms with Crippen LogP contribution in [0.15, 0.2) is 66.7 Å². The predicted octanol–water partition coefficient (Wildman–Crippen LogP) is 8.29. The first-order valence-corrected chi connectivity index (χ1v) is 20.9. The lowest BCUT2D eigenvalue weighted by molar-refractivity contribution is -0.158. The monoisotopic (exact) mass is 759 g/mol. The molecule has 0 heterocycles. The summed E-state index contributed by atoms with van der Waals surface area (Å²) in [5.41, 5.74) is 15.2. The van der Waals surface area contributed by atoms with Crippen LogP contribution in [0.4, 0.5) is 4.39 Å². The van der Waals surface area contributed by atoms with Crippen LogP contribution >= 0.6 is 0 Å². The van der Waals surface area contributed by atoms with E-state index in [0.717, 1.165) is 66.8 Å². The number of fused-ring (bicyclic) bond motifs is 1. The van der Waals surface area contributed by atoms with Crippen molar-refractivity contribution in [3.05, 3.63) is 83.7 Å². The zero-order valence-electron chi connectivity index (χ0n) is 33.9. The van der Waals surface area contributed by atoms with Crippen molar-refractivity contribution in [1.29, 1.82) is 0 Å². The lowest BCUT2D eigenvalue weighted by Gasteiger charge is -2.43. The Morgan fingerprint density at radius 3 is 2.18 bits per heavy atom. The standard InChI is InChI=1S/C46H67FN4O4/c1-30(2)54-42(44(52)50-26-25-32-21-23-37(47)24-22-32)40(48)29-34-15-11-18-36(27-34)46(4,5)55-43(41(49)28-33-13-7-6-8-14-33)45(53)51-31(3)38-20-12-17-35-16-9-10-19-39(35)38/h9-10,12,16-17,19-24,30-31,33-34,36,40-43H,6-8,11,13-15,18,25-29,48-49H2,1-5H3,(H,50,52)(H,51,53)/t31-,34?,36?,40+,41+,42?,43?/m0/s1. The molecule has 2 amide bonds. The lowest BCUT2D eigenvalue weighted by Crippen LogP contribution is -2.54. The number of carbonyl (C=O) groups is 2. The Morgan fingerprint density at radius 1 is 0.800 bits per heavy atom. The summed E-state index contributed by atoms with van der Waals surface area (Å²) >= 11 is 0. The van der Waals surface area contributed by atoms with Gasteiger partial charge in [-0.05, 0) is 119 Å². The number of rotatable bonds is 18. The summed E-state index contributed by atoms with van der Waals surface area (Å²) < 4.78 is 26.4. The maximum atomic E-state index is 14.3. The molecule has 302 valence electrons. The van der Waals surface area contributed by atoms with Crippen molar-refractivity contribution < 1.29 is 23.5 Å². The molecule has 0 bridgehead atoms. The van der Waals surface area contributed by atoms with Gasteiger partial charge in [0.05, 0.1) is 17.7 Å². The van der Waals surface area contributed by atoms with Gasteiger partial charge in [0.2, 0.25) is 0 Å². The van der Waals surface area contributed by atoms with E-state index in [0.29, 0.717) is 25.3 Å². The van der Waals surface area contributed by atoms with Gasteiger partial charge in [-0.15, -0.1) is 0 Å². The van der Waals surface area contributed by atoms with Crippen molar-refractivity contribution in [3.8, 4) is 0 Å². The normalized spacial score (nSPS) is 21.1. The maximum Gasteiger partial charge on any atom is 0.251 e. The summed E-state index contributed by atoms with van der Waals surface area (Å²) in [6.07, 6.45) is 10.1. The van der Waals surface area contributed by atoms with Gasteiger partial charge < -0.3 is 31.6 Å². The molecular formula is C46H67FN4O4. The minimum atomic E-state index is -0.792. The number of hydrogen-bond donors (Lipinski definition) is 4. The number of halogens is 1. The Labute approximate surface area is 329 Å². The Morgan fingerprint density at radius 2 is 1.45 bits per heavy atom. The van der Waals surface area contributed by atoms with E-state index < -0.39 is 29.9 Å². The highest BCUT2D eigenvalue weighted by Crippen LogP contribution is 2.41. The average Bonchev–Trinajstić information content (AvgIpc) is 3.16. The minimum Gasteiger partial charge on any atom is -0.364 e. The summed E-state index contributed by atoms with van der Waals surface area (Å²) in [6.45, 7) is 10.5. The molecule has 2 fully saturated rings. The van der Waals surface area contributed by atoms with Crippen LogP contribution in [0.1, 0.15) is 122 Å². The fourth-order valence-corrected chi connectivity index (χ4v) is 9.07.